The van der Waals surface area contributed by atoms with E-state index in [4.69, 9.17) is 15.6 Å². The Balaban J connectivity index is 0.000000260. The van der Waals surface area contributed by atoms with E-state index in [1.54, 1.807) is 20.8 Å². The van der Waals surface area contributed by atoms with E-state index in [1.807, 2.05) is 0 Å². The van der Waals surface area contributed by atoms with Crippen LogP contribution in [0.15, 0.2) is 0 Å². The fraction of sp³-hybridized carbons (Fsp3) is 0.900. The van der Waals surface area contributed by atoms with Crippen molar-refractivity contribution in [2.75, 3.05) is 0 Å². The predicted molar refractivity (Wildman–Crippen MR) is 103 cm³/mol. The molecule has 0 bridgehead atoms. The standard InChI is InChI=1S/C12H23N.C8H15NO4/c1-3-7-11(8-4-1)13-12-9-5-2-6-10-12;1-8(2,3)13-6(10)4-5(9)7(11)12/h11-13H,1-10H2;5H,4,9H2,1-3H3,(H,11,12)/t;5-/m.0/s1. The molecule has 0 aromatic carbocycles. The van der Waals surface area contributed by atoms with Crippen molar-refractivity contribution in [2.24, 2.45) is 5.73 Å². The number of ether oxygens (including phenoxy) is 1. The number of aliphatic carboxylic acids is 1. The molecule has 0 aromatic heterocycles. The van der Waals surface area contributed by atoms with E-state index in [2.05, 4.69) is 5.32 Å². The first-order valence-corrected chi connectivity index (χ1v) is 10.1. The summed E-state index contributed by atoms with van der Waals surface area (Å²) in [4.78, 5) is 21.3. The van der Waals surface area contributed by atoms with Crippen LogP contribution in [0, 0.1) is 0 Å². The zero-order valence-corrected chi connectivity index (χ0v) is 16.8. The molecule has 2 fully saturated rings. The Morgan fingerprint density at radius 1 is 1.00 bits per heavy atom. The lowest BCUT2D eigenvalue weighted by Crippen LogP contribution is -2.40. The van der Waals surface area contributed by atoms with Crippen LogP contribution in [0.4, 0.5) is 0 Å². The van der Waals surface area contributed by atoms with Crippen molar-refractivity contribution >= 4 is 11.9 Å². The average molecular weight is 371 g/mol. The second-order valence-electron chi connectivity index (χ2n) is 8.57. The quantitative estimate of drug-likeness (QED) is 0.641. The molecule has 0 radical (unpaired) electrons. The number of esters is 1. The molecule has 4 N–H and O–H groups in total. The summed E-state index contributed by atoms with van der Waals surface area (Å²) in [6.07, 6.45) is 14.3. The molecule has 0 aliphatic heterocycles. The number of rotatable bonds is 5. The first kappa shape index (κ1) is 22.9. The molecule has 2 saturated carbocycles. The molecule has 1 atom stereocenters. The predicted octanol–water partition coefficient (Wildman–Crippen LogP) is 3.37. The van der Waals surface area contributed by atoms with Gasteiger partial charge in [-0.15, -0.1) is 0 Å². The third-order valence-electron chi connectivity index (χ3n) is 4.81. The van der Waals surface area contributed by atoms with Gasteiger partial charge in [0.05, 0.1) is 6.42 Å². The number of carbonyl (C=O) groups excluding carboxylic acids is 1. The molecule has 6 heteroatoms. The third kappa shape index (κ3) is 10.8. The van der Waals surface area contributed by atoms with Crippen molar-refractivity contribution in [2.45, 2.75) is 115 Å². The van der Waals surface area contributed by atoms with Crippen molar-refractivity contribution in [3.63, 3.8) is 0 Å². The second-order valence-corrected chi connectivity index (χ2v) is 8.57. The number of nitrogens with two attached hydrogens (primary N) is 1. The molecular formula is C20H38N2O4. The summed E-state index contributed by atoms with van der Waals surface area (Å²) < 4.78 is 4.88. The highest BCUT2D eigenvalue weighted by Gasteiger charge is 2.22. The van der Waals surface area contributed by atoms with Crippen LogP contribution < -0.4 is 11.1 Å². The van der Waals surface area contributed by atoms with Gasteiger partial charge in [-0.2, -0.15) is 0 Å². The molecule has 152 valence electrons. The van der Waals surface area contributed by atoms with E-state index in [-0.39, 0.29) is 6.42 Å². The molecule has 2 rings (SSSR count). The maximum absolute atomic E-state index is 11.0. The van der Waals surface area contributed by atoms with Gasteiger partial charge in [0.15, 0.2) is 0 Å². The van der Waals surface area contributed by atoms with E-state index in [1.165, 1.54) is 64.2 Å². The van der Waals surface area contributed by atoms with E-state index >= 15 is 0 Å². The van der Waals surface area contributed by atoms with Gasteiger partial charge in [0, 0.05) is 12.1 Å². The topological polar surface area (TPSA) is 102 Å². The molecule has 2 aliphatic carbocycles. The monoisotopic (exact) mass is 370 g/mol. The van der Waals surface area contributed by atoms with E-state index in [9.17, 15) is 9.59 Å². The summed E-state index contributed by atoms with van der Waals surface area (Å²) in [7, 11) is 0. The minimum Gasteiger partial charge on any atom is -0.480 e. The lowest BCUT2D eigenvalue weighted by atomic mass is 9.91. The van der Waals surface area contributed by atoms with Gasteiger partial charge < -0.3 is 20.9 Å². The van der Waals surface area contributed by atoms with E-state index in [0.717, 1.165) is 12.1 Å². The van der Waals surface area contributed by atoms with Crippen LogP contribution in [0.3, 0.4) is 0 Å². The number of nitrogens with one attached hydrogen (secondary N) is 1. The summed E-state index contributed by atoms with van der Waals surface area (Å²) >= 11 is 0. The Labute approximate surface area is 158 Å². The van der Waals surface area contributed by atoms with Gasteiger partial charge in [0.2, 0.25) is 0 Å². The lowest BCUT2D eigenvalue weighted by Gasteiger charge is -2.30. The highest BCUT2D eigenvalue weighted by atomic mass is 16.6. The van der Waals surface area contributed by atoms with Crippen LogP contribution in [-0.4, -0.2) is 40.8 Å². The number of carboxylic acid groups (broad SMARTS) is 1. The normalized spacial score (nSPS) is 20.6. The van der Waals surface area contributed by atoms with E-state index in [0.29, 0.717) is 0 Å². The summed E-state index contributed by atoms with van der Waals surface area (Å²) in [5.41, 5.74) is 4.53. The minimum atomic E-state index is -1.20. The highest BCUT2D eigenvalue weighted by molar-refractivity contribution is 5.81. The average Bonchev–Trinajstić information content (AvgIpc) is 2.55. The first-order valence-electron chi connectivity index (χ1n) is 10.1. The SMILES string of the molecule is C1CCC(NC2CCCCC2)CC1.CC(C)(C)OC(=O)C[C@H](N)C(=O)O. The molecule has 0 spiro atoms. The number of carbonyl (C=O) groups is 2. The zero-order chi connectivity index (χ0) is 19.6. The smallest absolute Gasteiger partial charge is 0.321 e. The Kier molecular flexibility index (Phi) is 10.2. The third-order valence-corrected chi connectivity index (χ3v) is 4.81. The van der Waals surface area contributed by atoms with Crippen molar-refractivity contribution in [1.29, 1.82) is 0 Å². The Hall–Kier alpha value is -1.14. The van der Waals surface area contributed by atoms with Crippen molar-refractivity contribution < 1.29 is 19.4 Å². The van der Waals surface area contributed by atoms with Crippen molar-refractivity contribution in [3.05, 3.63) is 0 Å². The lowest BCUT2D eigenvalue weighted by molar-refractivity contribution is -0.157. The minimum absolute atomic E-state index is 0.299. The van der Waals surface area contributed by atoms with Gasteiger partial charge in [-0.3, -0.25) is 9.59 Å². The Morgan fingerprint density at radius 2 is 1.42 bits per heavy atom. The molecule has 26 heavy (non-hydrogen) atoms. The van der Waals surface area contributed by atoms with Crippen LogP contribution in [0.1, 0.15) is 91.4 Å². The van der Waals surface area contributed by atoms with Gasteiger partial charge in [0.25, 0.3) is 0 Å². The van der Waals surface area contributed by atoms with Gasteiger partial charge in [0.1, 0.15) is 11.6 Å². The first-order chi connectivity index (χ1) is 12.2. The number of carboxylic acids is 1. The summed E-state index contributed by atoms with van der Waals surface area (Å²) in [5.74, 6) is -1.80. The Bertz CT molecular complexity index is 406. The van der Waals surface area contributed by atoms with Crippen LogP contribution >= 0.6 is 0 Å². The highest BCUT2D eigenvalue weighted by Crippen LogP contribution is 2.22. The van der Waals surface area contributed by atoms with Gasteiger partial charge in [-0.25, -0.2) is 0 Å². The zero-order valence-electron chi connectivity index (χ0n) is 16.8. The largest absolute Gasteiger partial charge is 0.480 e. The Morgan fingerprint density at radius 3 is 1.77 bits per heavy atom. The molecule has 0 amide bonds. The van der Waals surface area contributed by atoms with Crippen LogP contribution in [0.25, 0.3) is 0 Å². The molecule has 0 saturated heterocycles. The van der Waals surface area contributed by atoms with Crippen LogP contribution in [-0.2, 0) is 14.3 Å². The number of hydrogen-bond donors (Lipinski definition) is 3. The van der Waals surface area contributed by atoms with E-state index < -0.39 is 23.6 Å². The summed E-state index contributed by atoms with van der Waals surface area (Å²) in [5, 5.41) is 12.3. The maximum Gasteiger partial charge on any atom is 0.321 e. The van der Waals surface area contributed by atoms with Crippen molar-refractivity contribution in [1.82, 2.24) is 5.32 Å². The van der Waals surface area contributed by atoms with Crippen LogP contribution in [0.2, 0.25) is 0 Å². The second kappa shape index (κ2) is 11.5. The maximum atomic E-state index is 11.0. The molecule has 0 heterocycles. The molecular weight excluding hydrogens is 332 g/mol. The molecule has 2 aliphatic rings. The molecule has 6 nitrogen and oxygen atoms in total. The van der Waals surface area contributed by atoms with Gasteiger partial charge >= 0.3 is 11.9 Å². The fourth-order valence-corrected chi connectivity index (χ4v) is 3.52. The fourth-order valence-electron chi connectivity index (χ4n) is 3.52. The summed E-state index contributed by atoms with van der Waals surface area (Å²) in [6.45, 7) is 5.12. The summed E-state index contributed by atoms with van der Waals surface area (Å²) in [6, 6.07) is 0.559. The van der Waals surface area contributed by atoms with Gasteiger partial charge in [-0.05, 0) is 46.5 Å². The molecule has 0 aromatic rings. The van der Waals surface area contributed by atoms with Crippen LogP contribution in [0.5, 0.6) is 0 Å². The number of hydrogen-bond acceptors (Lipinski definition) is 5. The molecule has 0 unspecified atom stereocenters. The van der Waals surface area contributed by atoms with Crippen molar-refractivity contribution in [3.8, 4) is 0 Å². The van der Waals surface area contributed by atoms with Gasteiger partial charge in [-0.1, -0.05) is 38.5 Å².